The molecule has 0 bridgehead atoms. The van der Waals surface area contributed by atoms with E-state index in [0.29, 0.717) is 10.7 Å². The van der Waals surface area contributed by atoms with Gasteiger partial charge in [0.25, 0.3) is 0 Å². The van der Waals surface area contributed by atoms with Crippen LogP contribution in [0.2, 0.25) is 5.02 Å². The molecule has 4 N–H and O–H groups in total. The first-order valence-electron chi connectivity index (χ1n) is 6.16. The number of amides is 2. The molecule has 104 valence electrons. The maximum Gasteiger partial charge on any atom is 0.328 e. The minimum absolute atomic E-state index is 0.356. The number of aryl methyl sites for hydroxylation is 1. The van der Waals surface area contributed by atoms with Crippen molar-refractivity contribution in [3.63, 3.8) is 0 Å². The van der Waals surface area contributed by atoms with Crippen LogP contribution in [0.1, 0.15) is 25.3 Å². The molecule has 0 aromatic heterocycles. The second-order valence-electron chi connectivity index (χ2n) is 4.13. The van der Waals surface area contributed by atoms with Crippen LogP contribution < -0.4 is 16.0 Å². The summed E-state index contributed by atoms with van der Waals surface area (Å²) in [4.78, 5) is 13.0. The van der Waals surface area contributed by atoms with Gasteiger partial charge in [-0.25, -0.2) is 9.69 Å². The third kappa shape index (κ3) is 3.61. The molecule has 0 unspecified atom stereocenters. The van der Waals surface area contributed by atoms with E-state index in [1.807, 2.05) is 12.1 Å². The highest BCUT2D eigenvalue weighted by molar-refractivity contribution is 6.35. The van der Waals surface area contributed by atoms with Crippen LogP contribution in [0.4, 0.5) is 10.5 Å². The number of rotatable bonds is 4. The molecule has 0 fully saturated rings. The molecule has 0 saturated carbocycles. The van der Waals surface area contributed by atoms with E-state index < -0.39 is 6.03 Å². The number of guanidine groups is 1. The number of anilines is 1. The van der Waals surface area contributed by atoms with Gasteiger partial charge in [-0.05, 0) is 24.5 Å². The number of halogens is 1. The minimum atomic E-state index is -0.474. The predicted octanol–water partition coefficient (Wildman–Crippen LogP) is 2.72. The van der Waals surface area contributed by atoms with Crippen LogP contribution in [-0.2, 0) is 6.42 Å². The standard InChI is InChI=1S/C13H19ClN4O/c1-3-4-6-9-7-5-8-10(14)11(9)18(12(15)16)13(19)17-2/h5,7-8H,3-4,6H2,1-2H3,(H3,15,16)(H,17,19). The molecule has 1 rings (SSSR count). The highest BCUT2D eigenvalue weighted by Gasteiger charge is 2.22. The minimum Gasteiger partial charge on any atom is -0.369 e. The Kier molecular flexibility index (Phi) is 5.63. The summed E-state index contributed by atoms with van der Waals surface area (Å²) >= 11 is 6.17. The number of benzene rings is 1. The van der Waals surface area contributed by atoms with Crippen LogP contribution in [-0.4, -0.2) is 19.0 Å². The van der Waals surface area contributed by atoms with Crippen molar-refractivity contribution in [1.82, 2.24) is 5.32 Å². The molecule has 19 heavy (non-hydrogen) atoms. The van der Waals surface area contributed by atoms with E-state index in [1.54, 1.807) is 6.07 Å². The van der Waals surface area contributed by atoms with Gasteiger partial charge in [-0.3, -0.25) is 5.41 Å². The van der Waals surface area contributed by atoms with Gasteiger partial charge in [0, 0.05) is 7.05 Å². The van der Waals surface area contributed by atoms with Gasteiger partial charge in [0.15, 0.2) is 0 Å². The van der Waals surface area contributed by atoms with E-state index in [1.165, 1.54) is 7.05 Å². The quantitative estimate of drug-likeness (QED) is 0.586. The van der Waals surface area contributed by atoms with Crippen molar-refractivity contribution in [3.8, 4) is 0 Å². The van der Waals surface area contributed by atoms with E-state index in [4.69, 9.17) is 22.7 Å². The summed E-state index contributed by atoms with van der Waals surface area (Å²) in [5.74, 6) is -0.356. The number of unbranched alkanes of at least 4 members (excludes halogenated alkanes) is 1. The van der Waals surface area contributed by atoms with Crippen LogP contribution in [0.3, 0.4) is 0 Å². The van der Waals surface area contributed by atoms with Crippen molar-refractivity contribution >= 4 is 29.3 Å². The summed E-state index contributed by atoms with van der Waals surface area (Å²) in [5, 5.41) is 10.4. The van der Waals surface area contributed by atoms with Gasteiger partial charge in [-0.2, -0.15) is 0 Å². The monoisotopic (exact) mass is 282 g/mol. The molecule has 0 atom stereocenters. The number of para-hydroxylation sites is 1. The van der Waals surface area contributed by atoms with Gasteiger partial charge in [-0.15, -0.1) is 0 Å². The topological polar surface area (TPSA) is 82.2 Å². The number of hydrogen-bond acceptors (Lipinski definition) is 2. The van der Waals surface area contributed by atoms with Gasteiger partial charge in [0.1, 0.15) is 0 Å². The Hall–Kier alpha value is -1.75. The maximum absolute atomic E-state index is 11.9. The van der Waals surface area contributed by atoms with E-state index >= 15 is 0 Å². The largest absolute Gasteiger partial charge is 0.369 e. The van der Waals surface area contributed by atoms with Crippen molar-refractivity contribution in [2.45, 2.75) is 26.2 Å². The van der Waals surface area contributed by atoms with E-state index in [9.17, 15) is 4.79 Å². The molecule has 0 radical (unpaired) electrons. The zero-order valence-electron chi connectivity index (χ0n) is 11.2. The lowest BCUT2D eigenvalue weighted by molar-refractivity contribution is 0.251. The van der Waals surface area contributed by atoms with Gasteiger partial charge in [0.2, 0.25) is 5.96 Å². The summed E-state index contributed by atoms with van der Waals surface area (Å²) in [6, 6.07) is 4.94. The maximum atomic E-state index is 11.9. The summed E-state index contributed by atoms with van der Waals surface area (Å²) in [6.45, 7) is 2.09. The average molecular weight is 283 g/mol. The molecule has 1 aromatic rings. The SMILES string of the molecule is CCCCc1cccc(Cl)c1N(C(=N)N)C(=O)NC. The molecule has 0 heterocycles. The molecule has 0 aliphatic carbocycles. The van der Waals surface area contributed by atoms with Crippen LogP contribution >= 0.6 is 11.6 Å². The lowest BCUT2D eigenvalue weighted by Gasteiger charge is -2.24. The number of carbonyl (C=O) groups excluding carboxylic acids is 1. The van der Waals surface area contributed by atoms with Crippen LogP contribution in [0.5, 0.6) is 0 Å². The smallest absolute Gasteiger partial charge is 0.328 e. The van der Waals surface area contributed by atoms with Crippen LogP contribution in [0.15, 0.2) is 18.2 Å². The number of nitrogens with zero attached hydrogens (tertiary/aromatic N) is 1. The summed E-state index contributed by atoms with van der Waals surface area (Å²) < 4.78 is 0. The Balaban J connectivity index is 3.27. The molecule has 0 aliphatic rings. The summed E-state index contributed by atoms with van der Waals surface area (Å²) in [6.07, 6.45) is 2.80. The molecule has 0 spiro atoms. The molecular weight excluding hydrogens is 264 g/mol. The fraction of sp³-hybridized carbons (Fsp3) is 0.385. The number of nitrogens with two attached hydrogens (primary N) is 1. The van der Waals surface area contributed by atoms with Crippen molar-refractivity contribution in [1.29, 1.82) is 5.41 Å². The third-order valence-corrected chi connectivity index (χ3v) is 3.06. The van der Waals surface area contributed by atoms with Gasteiger partial charge >= 0.3 is 6.03 Å². The van der Waals surface area contributed by atoms with Gasteiger partial charge in [0.05, 0.1) is 10.7 Å². The molecule has 5 nitrogen and oxygen atoms in total. The Labute approximate surface area is 118 Å². The normalized spacial score (nSPS) is 10.1. The third-order valence-electron chi connectivity index (χ3n) is 2.75. The zero-order valence-corrected chi connectivity index (χ0v) is 11.9. The second kappa shape index (κ2) is 6.99. The number of carbonyl (C=O) groups is 1. The van der Waals surface area contributed by atoms with Crippen molar-refractivity contribution < 1.29 is 4.79 Å². The Morgan fingerprint density at radius 3 is 2.74 bits per heavy atom. The fourth-order valence-corrected chi connectivity index (χ4v) is 2.10. The molecular formula is C13H19ClN4O. The first-order valence-corrected chi connectivity index (χ1v) is 6.54. The summed E-state index contributed by atoms with van der Waals surface area (Å²) in [7, 11) is 1.49. The highest BCUT2D eigenvalue weighted by atomic mass is 35.5. The summed E-state index contributed by atoms with van der Waals surface area (Å²) in [5.41, 5.74) is 6.90. The van der Waals surface area contributed by atoms with Gasteiger partial charge < -0.3 is 11.1 Å². The number of hydrogen-bond donors (Lipinski definition) is 3. The van der Waals surface area contributed by atoms with Crippen molar-refractivity contribution in [2.24, 2.45) is 5.73 Å². The van der Waals surface area contributed by atoms with Crippen molar-refractivity contribution in [3.05, 3.63) is 28.8 Å². The van der Waals surface area contributed by atoms with E-state index in [2.05, 4.69) is 12.2 Å². The Bertz CT molecular complexity index is 476. The number of nitrogens with one attached hydrogen (secondary N) is 2. The Morgan fingerprint density at radius 1 is 1.53 bits per heavy atom. The molecule has 6 heteroatoms. The fourth-order valence-electron chi connectivity index (χ4n) is 1.82. The predicted molar refractivity (Wildman–Crippen MR) is 78.9 cm³/mol. The highest BCUT2D eigenvalue weighted by Crippen LogP contribution is 2.31. The molecule has 2 amide bonds. The first kappa shape index (κ1) is 15.3. The first-order chi connectivity index (χ1) is 9.02. The zero-order chi connectivity index (χ0) is 14.4. The van der Waals surface area contributed by atoms with Gasteiger partial charge in [-0.1, -0.05) is 37.1 Å². The molecule has 0 aliphatic heterocycles. The van der Waals surface area contributed by atoms with Crippen LogP contribution in [0.25, 0.3) is 0 Å². The Morgan fingerprint density at radius 2 is 2.21 bits per heavy atom. The number of urea groups is 1. The van der Waals surface area contributed by atoms with E-state index in [-0.39, 0.29) is 5.96 Å². The molecule has 0 saturated heterocycles. The average Bonchev–Trinajstić information content (AvgIpc) is 2.38. The van der Waals surface area contributed by atoms with E-state index in [0.717, 1.165) is 29.7 Å². The molecule has 1 aromatic carbocycles. The second-order valence-corrected chi connectivity index (χ2v) is 4.53. The van der Waals surface area contributed by atoms with Crippen LogP contribution in [0, 0.1) is 5.41 Å². The lowest BCUT2D eigenvalue weighted by Crippen LogP contribution is -2.46. The lowest BCUT2D eigenvalue weighted by atomic mass is 10.1. The van der Waals surface area contributed by atoms with Crippen molar-refractivity contribution in [2.75, 3.05) is 11.9 Å².